The molecule has 2 saturated heterocycles. The summed E-state index contributed by atoms with van der Waals surface area (Å²) < 4.78 is 1.86. The fraction of sp³-hybridized carbons (Fsp3) is 0.391. The number of benzene rings is 1. The molecule has 8 heteroatoms. The van der Waals surface area contributed by atoms with E-state index in [0.717, 1.165) is 12.1 Å². The number of nitrogens with one attached hydrogen (secondary N) is 1. The number of rotatable bonds is 3. The fourth-order valence-corrected chi connectivity index (χ4v) is 5.26. The topological polar surface area (TPSA) is 91.7 Å². The number of anilines is 2. The number of nitrogens with zero attached hydrogens (tertiary/aromatic N) is 3. The summed E-state index contributed by atoms with van der Waals surface area (Å²) in [5.74, 6) is -0.117. The molecule has 0 saturated carbocycles. The first kappa shape index (κ1) is 19.7. The van der Waals surface area contributed by atoms with Crippen LogP contribution < -0.4 is 15.8 Å². The van der Waals surface area contributed by atoms with Crippen molar-refractivity contribution < 1.29 is 14.4 Å². The van der Waals surface area contributed by atoms with E-state index in [1.54, 1.807) is 36.4 Å². The lowest BCUT2D eigenvalue weighted by Crippen LogP contribution is -2.52. The number of amides is 3. The van der Waals surface area contributed by atoms with Crippen LogP contribution in [0.4, 0.5) is 11.4 Å². The number of likely N-dealkylation sites (tertiary alicyclic amines) is 1. The van der Waals surface area contributed by atoms with Crippen LogP contribution in [0.1, 0.15) is 31.4 Å². The molecule has 2 bridgehead atoms. The molecule has 0 aliphatic carbocycles. The average Bonchev–Trinajstić information content (AvgIpc) is 3.03. The second-order valence-electron chi connectivity index (χ2n) is 8.67. The maximum absolute atomic E-state index is 13.2. The molecular formula is C23H24N4O4. The molecule has 0 radical (unpaired) electrons. The van der Waals surface area contributed by atoms with Gasteiger partial charge in [-0.1, -0.05) is 6.07 Å². The van der Waals surface area contributed by atoms with Crippen molar-refractivity contribution in [1.29, 1.82) is 0 Å². The van der Waals surface area contributed by atoms with Crippen LogP contribution in [0.5, 0.6) is 0 Å². The van der Waals surface area contributed by atoms with E-state index >= 15 is 0 Å². The second kappa shape index (κ2) is 7.46. The number of aromatic nitrogens is 1. The van der Waals surface area contributed by atoms with E-state index < -0.39 is 6.04 Å². The van der Waals surface area contributed by atoms with Gasteiger partial charge in [0.2, 0.25) is 11.8 Å². The highest BCUT2D eigenvalue weighted by Gasteiger charge is 2.46. The lowest BCUT2D eigenvalue weighted by Gasteiger charge is -2.44. The van der Waals surface area contributed by atoms with E-state index in [1.807, 2.05) is 10.6 Å². The molecule has 5 rings (SSSR count). The Bertz CT molecular complexity index is 1120. The summed E-state index contributed by atoms with van der Waals surface area (Å²) in [5.41, 5.74) is 2.18. The Labute approximate surface area is 179 Å². The van der Waals surface area contributed by atoms with E-state index in [2.05, 4.69) is 10.2 Å². The monoisotopic (exact) mass is 420 g/mol. The standard InChI is InChI=1S/C23H24N4O4/c1-14(28)24-17-5-7-18(8-6-17)27-22(30)10-20(23(27)31)25-11-15-9-16(13-25)19-3-2-4-21(29)26(19)12-15/h2-8,15-16,20H,9-13H2,1H3,(H,24,28). The van der Waals surface area contributed by atoms with Crippen LogP contribution >= 0.6 is 0 Å². The molecule has 3 amide bonds. The number of hydrogen-bond acceptors (Lipinski definition) is 5. The minimum atomic E-state index is -0.477. The van der Waals surface area contributed by atoms with Gasteiger partial charge in [0, 0.05) is 49.9 Å². The molecule has 4 heterocycles. The molecule has 1 aromatic carbocycles. The third kappa shape index (κ3) is 3.46. The summed E-state index contributed by atoms with van der Waals surface area (Å²) in [4.78, 5) is 52.8. The summed E-state index contributed by atoms with van der Waals surface area (Å²) in [6, 6.07) is 11.6. The van der Waals surface area contributed by atoms with Gasteiger partial charge in [-0.3, -0.25) is 24.1 Å². The molecular weight excluding hydrogens is 396 g/mol. The Hall–Kier alpha value is -3.26. The number of carbonyl (C=O) groups excluding carboxylic acids is 3. The van der Waals surface area contributed by atoms with Gasteiger partial charge in [-0.15, -0.1) is 0 Å². The van der Waals surface area contributed by atoms with Crippen molar-refractivity contribution in [3.63, 3.8) is 0 Å². The second-order valence-corrected chi connectivity index (χ2v) is 8.67. The maximum atomic E-state index is 13.2. The normalized spacial score (nSPS) is 25.5. The predicted molar refractivity (Wildman–Crippen MR) is 115 cm³/mol. The zero-order chi connectivity index (χ0) is 21.7. The van der Waals surface area contributed by atoms with Gasteiger partial charge in [-0.05, 0) is 42.7 Å². The first-order valence-corrected chi connectivity index (χ1v) is 10.6. The SMILES string of the molecule is CC(=O)Nc1ccc(N2C(=O)CC(N3CC4CC(C3)c3cccc(=O)n3C4)C2=O)cc1. The van der Waals surface area contributed by atoms with Crippen LogP contribution in [-0.4, -0.2) is 46.3 Å². The molecule has 3 unspecified atom stereocenters. The van der Waals surface area contributed by atoms with E-state index in [9.17, 15) is 19.2 Å². The van der Waals surface area contributed by atoms with Crippen LogP contribution in [0.25, 0.3) is 0 Å². The number of carbonyl (C=O) groups is 3. The summed E-state index contributed by atoms with van der Waals surface area (Å²) in [7, 11) is 0. The van der Waals surface area contributed by atoms with Crippen molar-refractivity contribution >= 4 is 29.1 Å². The minimum Gasteiger partial charge on any atom is -0.326 e. The molecule has 1 aromatic heterocycles. The molecule has 2 fully saturated rings. The van der Waals surface area contributed by atoms with Crippen molar-refractivity contribution in [2.45, 2.75) is 38.3 Å². The van der Waals surface area contributed by atoms with Gasteiger partial charge in [0.25, 0.3) is 11.5 Å². The lowest BCUT2D eigenvalue weighted by molar-refractivity contribution is -0.123. The Kier molecular flexibility index (Phi) is 4.74. The number of piperidine rings is 1. The smallest absolute Gasteiger partial charge is 0.251 e. The quantitative estimate of drug-likeness (QED) is 0.761. The Balaban J connectivity index is 1.36. The van der Waals surface area contributed by atoms with Crippen LogP contribution in [-0.2, 0) is 20.9 Å². The number of imide groups is 1. The first-order chi connectivity index (χ1) is 14.9. The van der Waals surface area contributed by atoms with Gasteiger partial charge in [-0.2, -0.15) is 0 Å². The van der Waals surface area contributed by atoms with E-state index in [-0.39, 0.29) is 35.6 Å². The Morgan fingerprint density at radius 1 is 1.00 bits per heavy atom. The fourth-order valence-electron chi connectivity index (χ4n) is 5.26. The van der Waals surface area contributed by atoms with Crippen LogP contribution in [0.15, 0.2) is 47.3 Å². The summed E-state index contributed by atoms with van der Waals surface area (Å²) >= 11 is 0. The lowest BCUT2D eigenvalue weighted by atomic mass is 9.82. The molecule has 3 aliphatic heterocycles. The molecule has 31 heavy (non-hydrogen) atoms. The highest BCUT2D eigenvalue weighted by molar-refractivity contribution is 6.22. The van der Waals surface area contributed by atoms with Gasteiger partial charge in [-0.25, -0.2) is 4.90 Å². The minimum absolute atomic E-state index is 0.0293. The van der Waals surface area contributed by atoms with Gasteiger partial charge in [0.15, 0.2) is 0 Å². The molecule has 3 atom stereocenters. The first-order valence-electron chi connectivity index (χ1n) is 10.6. The van der Waals surface area contributed by atoms with Crippen molar-refractivity contribution in [3.05, 3.63) is 58.5 Å². The van der Waals surface area contributed by atoms with Crippen LogP contribution in [0.2, 0.25) is 0 Å². The summed E-state index contributed by atoms with van der Waals surface area (Å²) in [6.07, 6.45) is 1.16. The predicted octanol–water partition coefficient (Wildman–Crippen LogP) is 1.56. The van der Waals surface area contributed by atoms with E-state index in [4.69, 9.17) is 0 Å². The number of fused-ring (bicyclic) bond motifs is 4. The Morgan fingerprint density at radius 3 is 2.52 bits per heavy atom. The van der Waals surface area contributed by atoms with Gasteiger partial charge in [0.1, 0.15) is 0 Å². The van der Waals surface area contributed by atoms with Crippen molar-refractivity contribution in [2.75, 3.05) is 23.3 Å². The highest BCUT2D eigenvalue weighted by atomic mass is 16.2. The summed E-state index contributed by atoms with van der Waals surface area (Å²) in [6.45, 7) is 3.45. The van der Waals surface area contributed by atoms with E-state index in [0.29, 0.717) is 36.9 Å². The zero-order valence-corrected chi connectivity index (χ0v) is 17.3. The largest absolute Gasteiger partial charge is 0.326 e. The molecule has 8 nitrogen and oxygen atoms in total. The highest BCUT2D eigenvalue weighted by Crippen LogP contribution is 2.37. The number of hydrogen-bond donors (Lipinski definition) is 1. The zero-order valence-electron chi connectivity index (χ0n) is 17.3. The van der Waals surface area contributed by atoms with Crippen molar-refractivity contribution in [2.24, 2.45) is 5.92 Å². The van der Waals surface area contributed by atoms with Crippen molar-refractivity contribution in [3.8, 4) is 0 Å². The number of pyridine rings is 1. The molecule has 3 aliphatic rings. The van der Waals surface area contributed by atoms with Gasteiger partial charge < -0.3 is 9.88 Å². The molecule has 160 valence electrons. The van der Waals surface area contributed by atoms with E-state index in [1.165, 1.54) is 11.8 Å². The third-order valence-electron chi connectivity index (χ3n) is 6.52. The van der Waals surface area contributed by atoms with Crippen LogP contribution in [0, 0.1) is 5.92 Å². The third-order valence-corrected chi connectivity index (χ3v) is 6.52. The van der Waals surface area contributed by atoms with Gasteiger partial charge in [0.05, 0.1) is 18.2 Å². The molecule has 1 N–H and O–H groups in total. The molecule has 2 aromatic rings. The molecule has 0 spiro atoms. The average molecular weight is 420 g/mol. The van der Waals surface area contributed by atoms with Gasteiger partial charge >= 0.3 is 0 Å². The van der Waals surface area contributed by atoms with Crippen molar-refractivity contribution in [1.82, 2.24) is 9.47 Å². The Morgan fingerprint density at radius 2 is 1.77 bits per heavy atom. The summed E-state index contributed by atoms with van der Waals surface area (Å²) in [5, 5.41) is 2.68. The van der Waals surface area contributed by atoms with Crippen LogP contribution in [0.3, 0.4) is 0 Å². The maximum Gasteiger partial charge on any atom is 0.251 e.